The minimum atomic E-state index is -1.10. The summed E-state index contributed by atoms with van der Waals surface area (Å²) in [4.78, 5) is 164. The number of hydrogen-bond donors (Lipinski definition) is 9. The number of aromatic hydroxyl groups is 1. The van der Waals surface area contributed by atoms with Crippen LogP contribution in [0.1, 0.15) is 65.2 Å². The minimum Gasteiger partial charge on any atom is -0.507 e. The van der Waals surface area contributed by atoms with Crippen LogP contribution < -0.4 is 43.7 Å². The summed E-state index contributed by atoms with van der Waals surface area (Å²) in [5, 5.41) is 55.4. The molecule has 3 aliphatic carbocycles. The first-order valence-corrected chi connectivity index (χ1v) is 39.0. The van der Waals surface area contributed by atoms with E-state index in [0.29, 0.717) is 134 Å². The highest BCUT2D eigenvalue weighted by molar-refractivity contribution is 6.32. The maximum atomic E-state index is 12.5. The average molecular weight is 1780 g/mol. The van der Waals surface area contributed by atoms with Crippen LogP contribution in [0.2, 0.25) is 15.1 Å². The van der Waals surface area contributed by atoms with Crippen LogP contribution in [0.5, 0.6) is 5.75 Å². The maximum Gasteiger partial charge on any atom is 0.373 e. The highest BCUT2D eigenvalue weighted by Crippen LogP contribution is 2.48. The van der Waals surface area contributed by atoms with E-state index in [-0.39, 0.29) is 98.3 Å². The van der Waals surface area contributed by atoms with E-state index in [4.69, 9.17) is 97.9 Å². The first-order valence-electron chi connectivity index (χ1n) is 37.8. The fraction of sp³-hybridized carbons (Fsp3) is 0.0417. The van der Waals surface area contributed by atoms with Crippen LogP contribution in [0, 0.1) is 0 Å². The van der Waals surface area contributed by atoms with Gasteiger partial charge in [-0.3, -0.25) is 29.1 Å². The fourth-order valence-electron chi connectivity index (χ4n) is 14.7. The van der Waals surface area contributed by atoms with Crippen molar-refractivity contribution in [3.8, 4) is 73.1 Å². The number of fused-ring (bicyclic) bond motifs is 9. The number of anilines is 5. The molecule has 9 aromatic carbocycles. The van der Waals surface area contributed by atoms with E-state index in [9.17, 15) is 54.0 Å². The number of para-hydroxylation sites is 3. The number of nitrogen functional groups attached to an aromatic ring is 2. The normalized spacial score (nSPS) is 10.5. The van der Waals surface area contributed by atoms with Crippen molar-refractivity contribution in [2.75, 3.05) is 27.4 Å². The number of aromatic carboxylic acids is 3. The molecule has 0 fully saturated rings. The van der Waals surface area contributed by atoms with E-state index in [1.807, 2.05) is 84.9 Å². The Hall–Kier alpha value is -17.5. The maximum absolute atomic E-state index is 12.5. The lowest BCUT2D eigenvalue weighted by Crippen LogP contribution is -2.08. The number of pyridine rings is 3. The highest BCUT2D eigenvalue weighted by Gasteiger charge is 2.30. The Morgan fingerprint density at radius 3 is 1.03 bits per heavy atom. The van der Waals surface area contributed by atoms with Gasteiger partial charge in [-0.2, -0.15) is 38.4 Å². The Bertz CT molecular complexity index is 7390. The molecule has 3 aromatic heterocycles. The van der Waals surface area contributed by atoms with Gasteiger partial charge in [0.2, 0.25) is 16.3 Å². The highest BCUT2D eigenvalue weighted by atomic mass is 35.5. The van der Waals surface area contributed by atoms with E-state index in [2.05, 4.69) is 30.9 Å². The summed E-state index contributed by atoms with van der Waals surface area (Å²) in [7, 11) is 0. The molecule has 12 aromatic rings. The summed E-state index contributed by atoms with van der Waals surface area (Å²) < 4.78 is 18.8. The van der Waals surface area contributed by atoms with Crippen LogP contribution in [0.25, 0.3) is 133 Å². The molecule has 30 nitrogen and oxygen atoms in total. The lowest BCUT2D eigenvalue weighted by atomic mass is 9.90. The van der Waals surface area contributed by atoms with E-state index >= 15 is 0 Å². The first kappa shape index (κ1) is 90.8. The van der Waals surface area contributed by atoms with Gasteiger partial charge in [-0.05, 0) is 126 Å². The van der Waals surface area contributed by atoms with Gasteiger partial charge in [-0.25, -0.2) is 19.4 Å². The Morgan fingerprint density at radius 1 is 0.372 bits per heavy atom. The lowest BCUT2D eigenvalue weighted by molar-refractivity contribution is -0.193. The summed E-state index contributed by atoms with van der Waals surface area (Å²) in [5.41, 5.74) is 25.1. The number of phenolic OH excluding ortho intramolecular Hbond substituents is 1. The Kier molecular flexibility index (Phi) is 28.6. The average Bonchev–Trinajstić information content (AvgIpc) is 0.744. The summed E-state index contributed by atoms with van der Waals surface area (Å²) in [5.74, 6) is -2.69. The zero-order chi connectivity index (χ0) is 92.4. The molecule has 3 aliphatic heterocycles. The Labute approximate surface area is 739 Å². The van der Waals surface area contributed by atoms with E-state index < -0.39 is 34.2 Å². The molecule has 11 N–H and O–H groups in total. The predicted octanol–water partition coefficient (Wildman–Crippen LogP) is 18.0. The van der Waals surface area contributed by atoms with E-state index in [1.54, 1.807) is 109 Å². The fourth-order valence-corrected chi connectivity index (χ4v) is 15.1. The first-order chi connectivity index (χ1) is 62.2. The number of halogens is 3. The zero-order valence-electron chi connectivity index (χ0n) is 66.6. The zero-order valence-corrected chi connectivity index (χ0v) is 68.8. The summed E-state index contributed by atoms with van der Waals surface area (Å²) in [6.07, 6.45) is 4.45. The molecular weight excluding hydrogens is 1720 g/mol. The van der Waals surface area contributed by atoms with Crippen molar-refractivity contribution in [2.45, 2.75) is 26.6 Å². The number of aromatic nitrogens is 3. The van der Waals surface area contributed by atoms with Crippen molar-refractivity contribution in [2.24, 2.45) is 0 Å². The molecule has 0 spiro atoms. The Morgan fingerprint density at radius 2 is 0.682 bits per heavy atom. The van der Waals surface area contributed by atoms with Gasteiger partial charge in [-0.1, -0.05) is 144 Å². The number of rotatable bonds is 16. The lowest BCUT2D eigenvalue weighted by Gasteiger charge is -2.20. The minimum absolute atomic E-state index is 0.00757. The van der Waals surface area contributed by atoms with Crippen molar-refractivity contribution in [3.05, 3.63) is 334 Å². The second-order valence-corrected chi connectivity index (χ2v) is 28.8. The topological polar surface area (TPSA) is 503 Å². The number of benzene rings is 12. The standard InChI is InChI=1S/C32H22ClN3O5.C30H20ClN3O4.C30H19ClN2O5.4CO2/c1-16(37)25-12-9-17-5-4-8-26(30(17)36-25)35-15-22-24(34)11-10-20-29(18-6-2-3-7-19(18)32(39)40)21-13-23(33)27(38)14-28(21)41-31(20)22;31-22-13-20-26(14-25(22)35)38-29-19(27(20)17-7-1-2-8-18(17)30(36)37)10-11-23(32)21(29)15-34-24-9-3-5-16-6-4-12-33-28(16)24;31-22-13-20-26(14-25(22)35)38-29-19(27(20)17-7-1-2-8-18(17)30(36)37)10-11-24(34)21(29)15-33-23-9-3-5-16-6-4-12-32-28(16)23;4*2-1-3/h2-14,35H,15,34H2,1H3,(H,39,40);1-14,34H,15,32H2,(H,36,37);1-14,33-34H,15H2,(H,36,37);;;;. The second kappa shape index (κ2) is 40.7. The van der Waals surface area contributed by atoms with Crippen molar-refractivity contribution < 1.29 is 91.2 Å². The molecule has 129 heavy (non-hydrogen) atoms. The number of Topliss-reactive ketones (excluding diaryl/α,β-unsaturated/α-hetero) is 1. The molecule has 0 saturated heterocycles. The van der Waals surface area contributed by atoms with Crippen LogP contribution in [0.3, 0.4) is 0 Å². The molecule has 33 heteroatoms. The molecule has 0 bridgehead atoms. The number of carboxylic acids is 3. The number of nitrogens with one attached hydrogen (secondary N) is 3. The summed E-state index contributed by atoms with van der Waals surface area (Å²) >= 11 is 18.6. The van der Waals surface area contributed by atoms with Crippen molar-refractivity contribution in [1.82, 2.24) is 15.0 Å². The van der Waals surface area contributed by atoms with E-state index in [0.717, 1.165) is 38.6 Å². The van der Waals surface area contributed by atoms with Crippen LogP contribution >= 0.6 is 34.8 Å². The van der Waals surface area contributed by atoms with Gasteiger partial charge in [0.15, 0.2) is 5.78 Å². The number of phenols is 1. The number of ketones is 1. The second-order valence-electron chi connectivity index (χ2n) is 27.6. The number of carbonyl (C=O) groups is 4. The van der Waals surface area contributed by atoms with Gasteiger partial charge in [0.25, 0.3) is 0 Å². The smallest absolute Gasteiger partial charge is 0.373 e. The third-order valence-corrected chi connectivity index (χ3v) is 21.1. The third kappa shape index (κ3) is 19.5. The Balaban J connectivity index is 0.000000165. The van der Waals surface area contributed by atoms with Gasteiger partial charge >= 0.3 is 42.5 Å². The van der Waals surface area contributed by atoms with Gasteiger partial charge < -0.3 is 61.1 Å². The van der Waals surface area contributed by atoms with Crippen LogP contribution in [-0.2, 0) is 58.0 Å². The molecule has 0 radical (unpaired) electrons. The monoisotopic (exact) mass is 1780 g/mol. The molecule has 0 saturated carbocycles. The van der Waals surface area contributed by atoms with Crippen molar-refractivity contribution in [3.63, 3.8) is 0 Å². The molecule has 0 atom stereocenters. The quantitative estimate of drug-likeness (QED) is 0.0246. The van der Waals surface area contributed by atoms with Crippen molar-refractivity contribution >= 4 is 177 Å². The van der Waals surface area contributed by atoms with Crippen molar-refractivity contribution in [1.29, 1.82) is 0 Å². The molecule has 0 amide bonds. The van der Waals surface area contributed by atoms with E-state index in [1.165, 1.54) is 61.5 Å². The van der Waals surface area contributed by atoms with Crippen LogP contribution in [0.4, 0.5) is 28.4 Å². The third-order valence-electron chi connectivity index (χ3n) is 20.2. The van der Waals surface area contributed by atoms with Gasteiger partial charge in [0, 0.05) is 145 Å². The SMILES string of the molecule is CC(=O)c1ccc2cccc(NCc3c(N)ccc4c(-c5ccccc5C(=O)O)c5cc(Cl)c(=O)cc-5oc34)c2n1.Nc1ccc2c(-c3ccccc3C(=O)O)c3cc(Cl)c(=O)cc-3oc2c1CNc1cccc2cccnc12.O=C(O)c1ccccc1-c1c2cc(Cl)c(=O)cc-2oc2c(CNc3cccc4cccnc34)c(O)ccc12.O=C=O.O=C=O.O=C=O.O=C=O. The van der Waals surface area contributed by atoms with Gasteiger partial charge in [-0.15, -0.1) is 0 Å². The number of hydrogen-bond acceptors (Lipinski definition) is 27. The molecule has 6 heterocycles. The largest absolute Gasteiger partial charge is 0.507 e. The van der Waals surface area contributed by atoms with Crippen LogP contribution in [0.15, 0.2) is 277 Å². The summed E-state index contributed by atoms with van der Waals surface area (Å²) in [6, 6.07) is 67.1. The van der Waals surface area contributed by atoms with Gasteiger partial charge in [0.05, 0.1) is 70.9 Å². The van der Waals surface area contributed by atoms with Crippen LogP contribution in [-0.4, -0.2) is 83.7 Å². The van der Waals surface area contributed by atoms with Gasteiger partial charge in [0.1, 0.15) is 45.5 Å². The molecule has 0 unspecified atom stereocenters. The number of carbonyl (C=O) groups excluding carboxylic acids is 9. The predicted molar refractivity (Wildman–Crippen MR) is 477 cm³/mol. The number of carboxylic acid groups (broad SMARTS) is 3. The summed E-state index contributed by atoms with van der Waals surface area (Å²) in [6.45, 7) is 2.14. The molecule has 638 valence electrons. The number of nitrogens with zero attached hydrogens (tertiary/aromatic N) is 3. The molecular formula is C96H61Cl3N8O22. The number of nitrogens with two attached hydrogens (primary N) is 2. The molecule has 6 aliphatic rings. The molecule has 18 rings (SSSR count).